The summed E-state index contributed by atoms with van der Waals surface area (Å²) in [4.78, 5) is 39.5. The Labute approximate surface area is 318 Å². The van der Waals surface area contributed by atoms with Gasteiger partial charge < -0.3 is 9.64 Å². The molecule has 292 valence electrons. The number of allylic oxidation sites excluding steroid dienone is 2. The van der Waals surface area contributed by atoms with Gasteiger partial charge >= 0.3 is 5.97 Å². The summed E-state index contributed by atoms with van der Waals surface area (Å²) >= 11 is 2.96. The molecule has 50 heavy (non-hydrogen) atoms. The van der Waals surface area contributed by atoms with Gasteiger partial charge in [-0.2, -0.15) is 0 Å². The Bertz CT molecular complexity index is 819. The maximum absolute atomic E-state index is 12.6. The van der Waals surface area contributed by atoms with Gasteiger partial charge in [-0.05, 0) is 105 Å². The number of nitrogens with zero attached hydrogens (tertiary/aromatic N) is 1. The van der Waals surface area contributed by atoms with Crippen LogP contribution < -0.4 is 0 Å². The Morgan fingerprint density at radius 2 is 0.980 bits per heavy atom. The van der Waals surface area contributed by atoms with E-state index in [2.05, 4.69) is 56.9 Å². The van der Waals surface area contributed by atoms with Gasteiger partial charge in [0.15, 0.2) is 10.2 Å². The van der Waals surface area contributed by atoms with Crippen molar-refractivity contribution in [2.75, 3.05) is 20.6 Å². The maximum atomic E-state index is 12.6. The van der Waals surface area contributed by atoms with E-state index in [1.807, 2.05) is 14.1 Å². The predicted molar refractivity (Wildman–Crippen MR) is 222 cm³/mol. The predicted octanol–water partition coefficient (Wildman–Crippen LogP) is 13.1. The van der Waals surface area contributed by atoms with Crippen molar-refractivity contribution in [3.05, 3.63) is 24.3 Å². The van der Waals surface area contributed by atoms with Crippen LogP contribution in [0, 0.1) is 0 Å². The number of carbonyl (C=O) groups is 3. The number of hydrogen-bond acceptors (Lipinski definition) is 7. The van der Waals surface area contributed by atoms with Crippen molar-refractivity contribution in [1.82, 2.24) is 4.90 Å². The highest BCUT2D eigenvalue weighted by atomic mass is 32.2. The summed E-state index contributed by atoms with van der Waals surface area (Å²) in [6, 6.07) is 0. The fourth-order valence-corrected chi connectivity index (χ4v) is 7.69. The van der Waals surface area contributed by atoms with Crippen LogP contribution in [0.2, 0.25) is 0 Å². The van der Waals surface area contributed by atoms with Gasteiger partial charge in [0.05, 0.1) is 0 Å². The minimum atomic E-state index is -0.0648. The van der Waals surface area contributed by atoms with E-state index in [4.69, 9.17) is 4.74 Å². The van der Waals surface area contributed by atoms with Gasteiger partial charge in [0.25, 0.3) is 0 Å². The summed E-state index contributed by atoms with van der Waals surface area (Å²) in [7, 11) is 4.06. The smallest absolute Gasteiger partial charge is 0.306 e. The number of ether oxygens (including phenoxy) is 1. The molecule has 0 amide bonds. The van der Waals surface area contributed by atoms with E-state index in [0.29, 0.717) is 29.5 Å². The molecule has 0 aliphatic carbocycles. The third kappa shape index (κ3) is 35.4. The van der Waals surface area contributed by atoms with Gasteiger partial charge in [0.1, 0.15) is 6.10 Å². The zero-order valence-electron chi connectivity index (χ0n) is 33.5. The summed E-state index contributed by atoms with van der Waals surface area (Å²) in [5, 5.41) is 1.14. The first-order valence-corrected chi connectivity index (χ1v) is 22.5. The molecular weight excluding hydrogens is 659 g/mol. The first kappa shape index (κ1) is 49.0. The molecular formula is C43H79NO4S2. The van der Waals surface area contributed by atoms with E-state index in [-0.39, 0.29) is 22.6 Å². The van der Waals surface area contributed by atoms with E-state index in [0.717, 1.165) is 103 Å². The van der Waals surface area contributed by atoms with Crippen LogP contribution >= 0.6 is 23.5 Å². The number of unbranched alkanes of at least 4 members (excludes halogenated alkanes) is 16. The topological polar surface area (TPSA) is 63.7 Å². The summed E-state index contributed by atoms with van der Waals surface area (Å²) in [6.45, 7) is 9.61. The molecule has 0 aromatic heterocycles. The van der Waals surface area contributed by atoms with Crippen molar-refractivity contribution in [2.45, 2.75) is 211 Å². The molecule has 0 N–H and O–H groups in total. The molecule has 2 atom stereocenters. The molecule has 5 nitrogen and oxygen atoms in total. The highest BCUT2D eigenvalue weighted by molar-refractivity contribution is 8.14. The summed E-state index contributed by atoms with van der Waals surface area (Å²) in [5.41, 5.74) is 0. The molecule has 0 aromatic carbocycles. The lowest BCUT2D eigenvalue weighted by atomic mass is 10.0. The maximum Gasteiger partial charge on any atom is 0.306 e. The largest absolute Gasteiger partial charge is 0.462 e. The van der Waals surface area contributed by atoms with E-state index in [9.17, 15) is 14.4 Å². The van der Waals surface area contributed by atoms with Crippen molar-refractivity contribution in [2.24, 2.45) is 0 Å². The summed E-state index contributed by atoms with van der Waals surface area (Å²) < 4.78 is 5.97. The Balaban J connectivity index is 4.25. The Morgan fingerprint density at radius 3 is 1.42 bits per heavy atom. The minimum Gasteiger partial charge on any atom is -0.462 e. The fourth-order valence-electron chi connectivity index (χ4n) is 5.95. The van der Waals surface area contributed by atoms with Crippen LogP contribution in [0.5, 0.6) is 0 Å². The normalized spacial score (nSPS) is 13.7. The van der Waals surface area contributed by atoms with Crippen molar-refractivity contribution < 1.29 is 19.1 Å². The minimum absolute atomic E-state index is 0.000172. The lowest BCUT2D eigenvalue weighted by Crippen LogP contribution is -2.20. The Kier molecular flexibility index (Phi) is 35.6. The molecule has 0 spiro atoms. The highest BCUT2D eigenvalue weighted by Gasteiger charge is 2.15. The molecule has 0 saturated carbocycles. The quantitative estimate of drug-likeness (QED) is 0.0364. The molecule has 0 aromatic rings. The molecule has 2 unspecified atom stereocenters. The summed E-state index contributed by atoms with van der Waals surface area (Å²) in [6.07, 6.45) is 36.5. The molecule has 0 aliphatic rings. The van der Waals surface area contributed by atoms with Gasteiger partial charge in [-0.1, -0.05) is 139 Å². The average Bonchev–Trinajstić information content (AvgIpc) is 3.06. The number of rotatable bonds is 35. The number of thioether (sulfide) groups is 2. The second kappa shape index (κ2) is 36.3. The monoisotopic (exact) mass is 738 g/mol. The SMILES string of the molecule is CCCCCC/C=C\C(C)SC(=O)CCCCCCCC(CCCCCCCC(=O)SC(C)/C=C\CCCCCC)OC(=O)CCCN(C)C. The molecule has 0 bridgehead atoms. The fraction of sp³-hybridized carbons (Fsp3) is 0.837. The molecule has 7 heteroatoms. The van der Waals surface area contributed by atoms with Crippen LogP contribution in [0.15, 0.2) is 24.3 Å². The molecule has 0 aliphatic heterocycles. The third-order valence-electron chi connectivity index (χ3n) is 9.00. The number of carbonyl (C=O) groups excluding carboxylic acids is 3. The van der Waals surface area contributed by atoms with Crippen LogP contribution in [0.25, 0.3) is 0 Å². The zero-order chi connectivity index (χ0) is 37.1. The first-order valence-electron chi connectivity index (χ1n) is 20.7. The number of hydrogen-bond donors (Lipinski definition) is 0. The van der Waals surface area contributed by atoms with Gasteiger partial charge in [-0.3, -0.25) is 14.4 Å². The van der Waals surface area contributed by atoms with Crippen molar-refractivity contribution in [3.8, 4) is 0 Å². The van der Waals surface area contributed by atoms with Gasteiger partial charge in [-0.25, -0.2) is 0 Å². The van der Waals surface area contributed by atoms with E-state index in [1.54, 1.807) is 0 Å². The van der Waals surface area contributed by atoms with Crippen LogP contribution in [-0.2, 0) is 19.1 Å². The molecule has 0 rings (SSSR count). The van der Waals surface area contributed by atoms with Gasteiger partial charge in [-0.15, -0.1) is 0 Å². The molecule has 0 fully saturated rings. The lowest BCUT2D eigenvalue weighted by Gasteiger charge is -2.18. The zero-order valence-corrected chi connectivity index (χ0v) is 35.2. The van der Waals surface area contributed by atoms with E-state index in [1.165, 1.54) is 74.9 Å². The van der Waals surface area contributed by atoms with Crippen LogP contribution in [0.4, 0.5) is 0 Å². The molecule has 0 radical (unpaired) electrons. The van der Waals surface area contributed by atoms with Crippen LogP contribution in [0.3, 0.4) is 0 Å². The van der Waals surface area contributed by atoms with Crippen LogP contribution in [0.1, 0.15) is 195 Å². The first-order chi connectivity index (χ1) is 24.2. The van der Waals surface area contributed by atoms with Gasteiger partial charge in [0.2, 0.25) is 0 Å². The lowest BCUT2D eigenvalue weighted by molar-refractivity contribution is -0.150. The molecule has 0 saturated heterocycles. The van der Waals surface area contributed by atoms with Crippen LogP contribution in [-0.4, -0.2) is 58.3 Å². The summed E-state index contributed by atoms with van der Waals surface area (Å²) in [5.74, 6) is -0.0648. The van der Waals surface area contributed by atoms with E-state index >= 15 is 0 Å². The highest BCUT2D eigenvalue weighted by Crippen LogP contribution is 2.21. The molecule has 0 heterocycles. The number of esters is 1. The second-order valence-electron chi connectivity index (χ2n) is 14.6. The van der Waals surface area contributed by atoms with E-state index < -0.39 is 0 Å². The Morgan fingerprint density at radius 1 is 0.560 bits per heavy atom. The average molecular weight is 738 g/mol. The standard InChI is InChI=1S/C43H79NO4S2/c1-7-9-11-13-17-23-30-38(3)49-42(46)35-27-21-15-19-25-32-40(48-41(45)34-29-37-44(5)6)33-26-20-16-22-28-36-43(47)50-39(4)31-24-18-14-12-10-8-2/h23-24,30-31,38-40H,7-22,25-29,32-37H2,1-6H3/b30-23-,31-24-. The third-order valence-corrected chi connectivity index (χ3v) is 11.0. The second-order valence-corrected chi connectivity index (χ2v) is 17.4. The van der Waals surface area contributed by atoms with Crippen molar-refractivity contribution in [3.63, 3.8) is 0 Å². The van der Waals surface area contributed by atoms with Gasteiger partial charge in [0, 0.05) is 29.8 Å². The van der Waals surface area contributed by atoms with Crippen molar-refractivity contribution >= 4 is 39.7 Å². The van der Waals surface area contributed by atoms with Crippen molar-refractivity contribution in [1.29, 1.82) is 0 Å². The Hall–Kier alpha value is -1.05.